The first kappa shape index (κ1) is 16.2. The Morgan fingerprint density at radius 1 is 1.32 bits per heavy atom. The fraction of sp³-hybridized carbons (Fsp3) is 0.250. The van der Waals surface area contributed by atoms with Crippen molar-refractivity contribution in [2.24, 2.45) is 0 Å². The van der Waals surface area contributed by atoms with Gasteiger partial charge in [0.1, 0.15) is 11.9 Å². The molecule has 0 bridgehead atoms. The van der Waals surface area contributed by atoms with Gasteiger partial charge in [-0.25, -0.2) is 4.39 Å². The number of nitrogens with one attached hydrogen (secondary N) is 2. The summed E-state index contributed by atoms with van der Waals surface area (Å²) in [5.74, 6) is -0.893. The maximum absolute atomic E-state index is 13.4. The maximum atomic E-state index is 13.4. The molecule has 0 aliphatic carbocycles. The van der Waals surface area contributed by atoms with E-state index >= 15 is 0 Å². The van der Waals surface area contributed by atoms with E-state index in [4.69, 9.17) is 0 Å². The second-order valence-electron chi connectivity index (χ2n) is 4.97. The van der Waals surface area contributed by atoms with Gasteiger partial charge in [-0.2, -0.15) is 0 Å². The molecule has 1 aromatic carbocycles. The van der Waals surface area contributed by atoms with Crippen LogP contribution in [0.15, 0.2) is 35.7 Å². The highest BCUT2D eigenvalue weighted by Crippen LogP contribution is 2.09. The fourth-order valence-corrected chi connectivity index (χ4v) is 2.46. The van der Waals surface area contributed by atoms with Gasteiger partial charge in [-0.05, 0) is 42.5 Å². The number of carbonyl (C=O) groups is 2. The van der Waals surface area contributed by atoms with E-state index in [9.17, 15) is 14.0 Å². The van der Waals surface area contributed by atoms with Gasteiger partial charge in [0.2, 0.25) is 5.91 Å². The Kier molecular flexibility index (Phi) is 5.27. The first-order valence-electron chi connectivity index (χ1n) is 6.84. The smallest absolute Gasteiger partial charge is 0.261 e. The van der Waals surface area contributed by atoms with Gasteiger partial charge >= 0.3 is 0 Å². The van der Waals surface area contributed by atoms with Crippen molar-refractivity contribution in [2.75, 3.05) is 0 Å². The number of hydrogen-bond donors (Lipinski definition) is 2. The maximum Gasteiger partial charge on any atom is 0.261 e. The Morgan fingerprint density at radius 3 is 2.73 bits per heavy atom. The van der Waals surface area contributed by atoms with Gasteiger partial charge in [-0.15, -0.1) is 11.3 Å². The number of carbonyl (C=O) groups excluding carboxylic acids is 2. The minimum absolute atomic E-state index is 0.218. The number of amides is 2. The van der Waals surface area contributed by atoms with E-state index in [0.29, 0.717) is 16.0 Å². The zero-order valence-electron chi connectivity index (χ0n) is 12.4. The van der Waals surface area contributed by atoms with Crippen molar-refractivity contribution in [1.29, 1.82) is 0 Å². The third kappa shape index (κ3) is 4.14. The monoisotopic (exact) mass is 320 g/mol. The highest BCUT2D eigenvalue weighted by molar-refractivity contribution is 7.12. The van der Waals surface area contributed by atoms with Crippen LogP contribution in [0.3, 0.4) is 0 Å². The van der Waals surface area contributed by atoms with E-state index in [2.05, 4.69) is 10.6 Å². The van der Waals surface area contributed by atoms with Crippen LogP contribution in [0.25, 0.3) is 0 Å². The Morgan fingerprint density at radius 2 is 2.09 bits per heavy atom. The van der Waals surface area contributed by atoms with Gasteiger partial charge < -0.3 is 10.6 Å². The number of halogens is 1. The number of rotatable bonds is 5. The van der Waals surface area contributed by atoms with Crippen LogP contribution >= 0.6 is 11.3 Å². The van der Waals surface area contributed by atoms with E-state index in [0.717, 1.165) is 0 Å². The molecule has 116 valence electrons. The highest BCUT2D eigenvalue weighted by Gasteiger charge is 2.16. The SMILES string of the molecule is Cc1ccc(CNC(=O)C(C)NC(=O)c2cccs2)cc1F. The lowest BCUT2D eigenvalue weighted by Gasteiger charge is -2.13. The zero-order valence-corrected chi connectivity index (χ0v) is 13.2. The van der Waals surface area contributed by atoms with Crippen molar-refractivity contribution >= 4 is 23.2 Å². The third-order valence-corrected chi connectivity index (χ3v) is 4.06. The van der Waals surface area contributed by atoms with Crippen molar-refractivity contribution < 1.29 is 14.0 Å². The summed E-state index contributed by atoms with van der Waals surface area (Å²) in [6, 6.07) is 7.62. The summed E-state index contributed by atoms with van der Waals surface area (Å²) in [6.45, 7) is 3.51. The second kappa shape index (κ2) is 7.17. The summed E-state index contributed by atoms with van der Waals surface area (Å²) in [6.07, 6.45) is 0. The summed E-state index contributed by atoms with van der Waals surface area (Å²) in [5.41, 5.74) is 1.24. The molecule has 1 unspecified atom stereocenters. The predicted molar refractivity (Wildman–Crippen MR) is 84.2 cm³/mol. The van der Waals surface area contributed by atoms with Crippen LogP contribution in [0.1, 0.15) is 27.7 Å². The molecule has 2 N–H and O–H groups in total. The lowest BCUT2D eigenvalue weighted by Crippen LogP contribution is -2.44. The van der Waals surface area contributed by atoms with Gasteiger partial charge in [0, 0.05) is 6.54 Å². The van der Waals surface area contributed by atoms with Crippen LogP contribution in [0.2, 0.25) is 0 Å². The average Bonchev–Trinajstić information content (AvgIpc) is 3.02. The molecule has 0 fully saturated rings. The van der Waals surface area contributed by atoms with Gasteiger partial charge in [0.05, 0.1) is 4.88 Å². The first-order valence-corrected chi connectivity index (χ1v) is 7.72. The van der Waals surface area contributed by atoms with Crippen LogP contribution in [-0.2, 0) is 11.3 Å². The van der Waals surface area contributed by atoms with Gasteiger partial charge in [0.15, 0.2) is 0 Å². The second-order valence-corrected chi connectivity index (χ2v) is 5.92. The molecule has 2 amide bonds. The van der Waals surface area contributed by atoms with Crippen molar-refractivity contribution in [3.63, 3.8) is 0 Å². The van der Waals surface area contributed by atoms with Crippen molar-refractivity contribution in [2.45, 2.75) is 26.4 Å². The van der Waals surface area contributed by atoms with E-state index in [1.54, 1.807) is 43.5 Å². The van der Waals surface area contributed by atoms with Crippen molar-refractivity contribution in [1.82, 2.24) is 10.6 Å². The molecule has 0 spiro atoms. The van der Waals surface area contributed by atoms with E-state index in [1.807, 2.05) is 0 Å². The Bertz CT molecular complexity index is 671. The molecule has 0 saturated carbocycles. The molecule has 0 radical (unpaired) electrons. The van der Waals surface area contributed by atoms with E-state index in [-0.39, 0.29) is 24.2 Å². The standard InChI is InChI=1S/C16H17FN2O2S/c1-10-5-6-12(8-13(10)17)9-18-15(20)11(2)19-16(21)14-4-3-7-22-14/h3-8,11H,9H2,1-2H3,(H,18,20)(H,19,21). The number of hydrogen-bond acceptors (Lipinski definition) is 3. The van der Waals surface area contributed by atoms with E-state index in [1.165, 1.54) is 17.4 Å². The summed E-state index contributed by atoms with van der Waals surface area (Å²) in [5, 5.41) is 7.10. The predicted octanol–water partition coefficient (Wildman–Crippen LogP) is 2.63. The molecular formula is C16H17FN2O2S. The van der Waals surface area contributed by atoms with Crippen molar-refractivity contribution in [3.05, 3.63) is 57.5 Å². The lowest BCUT2D eigenvalue weighted by atomic mass is 10.1. The average molecular weight is 320 g/mol. The normalized spacial score (nSPS) is 11.8. The minimum Gasteiger partial charge on any atom is -0.350 e. The van der Waals surface area contributed by atoms with Crippen LogP contribution in [-0.4, -0.2) is 17.9 Å². The van der Waals surface area contributed by atoms with Gasteiger partial charge in [0.25, 0.3) is 5.91 Å². The largest absolute Gasteiger partial charge is 0.350 e. The molecule has 1 atom stereocenters. The zero-order chi connectivity index (χ0) is 16.1. The highest BCUT2D eigenvalue weighted by atomic mass is 32.1. The van der Waals surface area contributed by atoms with Crippen LogP contribution in [0.4, 0.5) is 4.39 Å². The lowest BCUT2D eigenvalue weighted by molar-refractivity contribution is -0.122. The number of aryl methyl sites for hydroxylation is 1. The molecule has 1 aromatic heterocycles. The van der Waals surface area contributed by atoms with Crippen LogP contribution < -0.4 is 10.6 Å². The molecule has 6 heteroatoms. The third-order valence-electron chi connectivity index (χ3n) is 3.19. The Balaban J connectivity index is 1.86. The number of thiophene rings is 1. The van der Waals surface area contributed by atoms with Crippen LogP contribution in [0, 0.1) is 12.7 Å². The summed E-state index contributed by atoms with van der Waals surface area (Å²) < 4.78 is 13.4. The molecule has 4 nitrogen and oxygen atoms in total. The molecule has 2 rings (SSSR count). The topological polar surface area (TPSA) is 58.2 Å². The van der Waals surface area contributed by atoms with Gasteiger partial charge in [-0.1, -0.05) is 18.2 Å². The van der Waals surface area contributed by atoms with E-state index < -0.39 is 6.04 Å². The molecular weight excluding hydrogens is 303 g/mol. The minimum atomic E-state index is -0.662. The first-order chi connectivity index (χ1) is 10.5. The summed E-state index contributed by atoms with van der Waals surface area (Å²) >= 11 is 1.31. The molecule has 0 saturated heterocycles. The quantitative estimate of drug-likeness (QED) is 0.890. The van der Waals surface area contributed by atoms with Crippen molar-refractivity contribution in [3.8, 4) is 0 Å². The Labute approximate surface area is 132 Å². The molecule has 1 heterocycles. The number of benzene rings is 1. The summed E-state index contributed by atoms with van der Waals surface area (Å²) in [4.78, 5) is 24.4. The molecule has 22 heavy (non-hydrogen) atoms. The summed E-state index contributed by atoms with van der Waals surface area (Å²) in [7, 11) is 0. The van der Waals surface area contributed by atoms with Crippen LogP contribution in [0.5, 0.6) is 0 Å². The molecule has 0 aliphatic rings. The molecule has 0 aliphatic heterocycles. The fourth-order valence-electron chi connectivity index (χ4n) is 1.83. The molecule has 2 aromatic rings. The van der Waals surface area contributed by atoms with Gasteiger partial charge in [-0.3, -0.25) is 9.59 Å². The Hall–Kier alpha value is -2.21.